The fourth-order valence-electron chi connectivity index (χ4n) is 2.04. The Balaban J connectivity index is 2.16. The minimum Gasteiger partial charge on any atom is -0.443 e. The van der Waals surface area contributed by atoms with Gasteiger partial charge in [-0.25, -0.2) is 4.79 Å². The molecule has 16 heavy (non-hydrogen) atoms. The van der Waals surface area contributed by atoms with Crippen LogP contribution in [0.3, 0.4) is 0 Å². The Morgan fingerprint density at radius 2 is 2.44 bits per heavy atom. The number of rotatable bonds is 1. The molecule has 3 heterocycles. The van der Waals surface area contributed by atoms with Crippen molar-refractivity contribution in [3.8, 4) is 0 Å². The molecule has 0 amide bonds. The average molecular weight is 220 g/mol. The van der Waals surface area contributed by atoms with Gasteiger partial charge in [0.05, 0.1) is 5.39 Å². The molecule has 84 valence electrons. The molecule has 0 radical (unpaired) electrons. The van der Waals surface area contributed by atoms with Crippen LogP contribution in [0.5, 0.6) is 0 Å². The van der Waals surface area contributed by atoms with Crippen LogP contribution in [0.4, 0.5) is 0 Å². The average Bonchev–Trinajstić information content (AvgIpc) is 2.83. The van der Waals surface area contributed by atoms with E-state index in [9.17, 15) is 4.79 Å². The summed E-state index contributed by atoms with van der Waals surface area (Å²) >= 11 is 0. The Morgan fingerprint density at radius 1 is 1.56 bits per heavy atom. The summed E-state index contributed by atoms with van der Waals surface area (Å²) in [5, 5.41) is 0.840. The maximum Gasteiger partial charge on any atom is 0.353 e. The van der Waals surface area contributed by atoms with E-state index in [1.54, 1.807) is 10.8 Å². The highest BCUT2D eigenvalue weighted by Crippen LogP contribution is 2.23. The zero-order valence-corrected chi connectivity index (χ0v) is 8.97. The van der Waals surface area contributed by atoms with Gasteiger partial charge in [0.2, 0.25) is 5.71 Å². The fourth-order valence-corrected chi connectivity index (χ4v) is 2.04. The topological polar surface area (TPSA) is 57.3 Å². The van der Waals surface area contributed by atoms with Gasteiger partial charge in [0.25, 0.3) is 0 Å². The summed E-state index contributed by atoms with van der Waals surface area (Å²) in [4.78, 5) is 15.6. The van der Waals surface area contributed by atoms with E-state index in [4.69, 9.17) is 9.15 Å². The van der Waals surface area contributed by atoms with Crippen molar-refractivity contribution < 1.29 is 9.15 Å². The standard InChI is InChI=1S/C11H12N2O3/c1-7-5-8-6-13(9-3-2-4-15-9)11(14)12-10(8)16-7/h5-6,9H,2-4H2,1H3. The van der Waals surface area contributed by atoms with Crippen molar-refractivity contribution in [1.82, 2.24) is 9.55 Å². The molecule has 0 aromatic carbocycles. The summed E-state index contributed by atoms with van der Waals surface area (Å²) < 4.78 is 12.3. The molecule has 0 bridgehead atoms. The van der Waals surface area contributed by atoms with Gasteiger partial charge in [-0.15, -0.1) is 0 Å². The number of nitrogens with zero attached hydrogens (tertiary/aromatic N) is 2. The third kappa shape index (κ3) is 1.44. The smallest absolute Gasteiger partial charge is 0.353 e. The number of hydrogen-bond donors (Lipinski definition) is 0. The lowest BCUT2D eigenvalue weighted by Gasteiger charge is -2.11. The van der Waals surface area contributed by atoms with Gasteiger partial charge in [-0.3, -0.25) is 4.57 Å². The lowest BCUT2D eigenvalue weighted by Crippen LogP contribution is -2.25. The molecule has 1 atom stereocenters. The van der Waals surface area contributed by atoms with Crippen molar-refractivity contribution in [2.24, 2.45) is 0 Å². The van der Waals surface area contributed by atoms with E-state index in [-0.39, 0.29) is 11.9 Å². The number of fused-ring (bicyclic) bond motifs is 1. The first-order valence-corrected chi connectivity index (χ1v) is 5.35. The highest BCUT2D eigenvalue weighted by atomic mass is 16.5. The summed E-state index contributed by atoms with van der Waals surface area (Å²) in [7, 11) is 0. The van der Waals surface area contributed by atoms with Crippen LogP contribution < -0.4 is 5.69 Å². The van der Waals surface area contributed by atoms with Gasteiger partial charge in [0.1, 0.15) is 12.0 Å². The third-order valence-electron chi connectivity index (χ3n) is 2.78. The van der Waals surface area contributed by atoms with Crippen molar-refractivity contribution >= 4 is 11.1 Å². The Morgan fingerprint density at radius 3 is 3.19 bits per heavy atom. The third-order valence-corrected chi connectivity index (χ3v) is 2.78. The lowest BCUT2D eigenvalue weighted by atomic mass is 10.3. The highest BCUT2D eigenvalue weighted by Gasteiger charge is 2.19. The Kier molecular flexibility index (Phi) is 2.07. The van der Waals surface area contributed by atoms with Gasteiger partial charge >= 0.3 is 5.69 Å². The van der Waals surface area contributed by atoms with Gasteiger partial charge in [-0.05, 0) is 25.8 Å². The number of furan rings is 1. The van der Waals surface area contributed by atoms with Gasteiger partial charge in [0.15, 0.2) is 0 Å². The van der Waals surface area contributed by atoms with Crippen LogP contribution in [0.25, 0.3) is 11.1 Å². The summed E-state index contributed by atoms with van der Waals surface area (Å²) in [5.74, 6) is 0.756. The fraction of sp³-hybridized carbons (Fsp3) is 0.455. The van der Waals surface area contributed by atoms with Crippen LogP contribution in [-0.4, -0.2) is 16.2 Å². The first-order valence-electron chi connectivity index (χ1n) is 5.35. The molecule has 1 unspecified atom stereocenters. The van der Waals surface area contributed by atoms with Crippen molar-refractivity contribution in [3.63, 3.8) is 0 Å². The zero-order valence-electron chi connectivity index (χ0n) is 8.97. The van der Waals surface area contributed by atoms with Crippen LogP contribution in [0.15, 0.2) is 21.5 Å². The number of aromatic nitrogens is 2. The van der Waals surface area contributed by atoms with Crippen LogP contribution in [0.2, 0.25) is 0 Å². The monoisotopic (exact) mass is 220 g/mol. The minimum absolute atomic E-state index is 0.167. The molecule has 0 N–H and O–H groups in total. The second-order valence-electron chi connectivity index (χ2n) is 4.02. The molecular weight excluding hydrogens is 208 g/mol. The SMILES string of the molecule is Cc1cc2cn(C3CCCO3)c(=O)nc2o1. The van der Waals surface area contributed by atoms with E-state index in [0.717, 1.165) is 24.0 Å². The van der Waals surface area contributed by atoms with Crippen LogP contribution in [0.1, 0.15) is 24.8 Å². The summed E-state index contributed by atoms with van der Waals surface area (Å²) in [6.45, 7) is 2.54. The van der Waals surface area contributed by atoms with Crippen molar-refractivity contribution in [1.29, 1.82) is 0 Å². The van der Waals surface area contributed by atoms with Gasteiger partial charge in [-0.1, -0.05) is 0 Å². The molecule has 1 aliphatic rings. The highest BCUT2D eigenvalue weighted by molar-refractivity contribution is 5.72. The zero-order chi connectivity index (χ0) is 11.1. The van der Waals surface area contributed by atoms with Crippen molar-refractivity contribution in [3.05, 3.63) is 28.5 Å². The molecule has 2 aromatic heterocycles. The molecule has 3 rings (SSSR count). The molecule has 2 aromatic rings. The maximum absolute atomic E-state index is 11.7. The number of ether oxygens (including phenoxy) is 1. The van der Waals surface area contributed by atoms with Crippen molar-refractivity contribution in [2.45, 2.75) is 26.0 Å². The van der Waals surface area contributed by atoms with Crippen LogP contribution >= 0.6 is 0 Å². The summed E-state index contributed by atoms with van der Waals surface area (Å²) in [6, 6.07) is 1.87. The van der Waals surface area contributed by atoms with E-state index in [2.05, 4.69) is 4.98 Å². The molecule has 5 nitrogen and oxygen atoms in total. The number of hydrogen-bond acceptors (Lipinski definition) is 4. The molecular formula is C11H12N2O3. The first-order chi connectivity index (χ1) is 7.74. The van der Waals surface area contributed by atoms with Gasteiger partial charge in [-0.2, -0.15) is 4.98 Å². The van der Waals surface area contributed by atoms with E-state index in [0.29, 0.717) is 12.3 Å². The van der Waals surface area contributed by atoms with E-state index in [1.165, 1.54) is 0 Å². The molecule has 5 heteroatoms. The quantitative estimate of drug-likeness (QED) is 0.732. The van der Waals surface area contributed by atoms with Crippen LogP contribution in [0, 0.1) is 6.92 Å². The van der Waals surface area contributed by atoms with E-state index in [1.807, 2.05) is 13.0 Å². The summed E-state index contributed by atoms with van der Waals surface area (Å²) in [5.41, 5.74) is 0.0884. The Hall–Kier alpha value is -1.62. The predicted molar refractivity (Wildman–Crippen MR) is 57.2 cm³/mol. The molecule has 1 aliphatic heterocycles. The molecule has 0 aliphatic carbocycles. The molecule has 0 spiro atoms. The minimum atomic E-state index is -0.311. The van der Waals surface area contributed by atoms with Gasteiger partial charge < -0.3 is 9.15 Å². The van der Waals surface area contributed by atoms with E-state index < -0.39 is 0 Å². The Labute approximate surface area is 91.7 Å². The normalized spacial score (nSPS) is 20.7. The van der Waals surface area contributed by atoms with Crippen molar-refractivity contribution in [2.75, 3.05) is 6.61 Å². The molecule has 0 saturated carbocycles. The predicted octanol–water partition coefficient (Wildman–Crippen LogP) is 1.61. The lowest BCUT2D eigenvalue weighted by molar-refractivity contribution is 0.0531. The van der Waals surface area contributed by atoms with Crippen LogP contribution in [-0.2, 0) is 4.74 Å². The maximum atomic E-state index is 11.7. The first kappa shape index (κ1) is 9.59. The van der Waals surface area contributed by atoms with Gasteiger partial charge in [0, 0.05) is 12.8 Å². The molecule has 1 saturated heterocycles. The second kappa shape index (κ2) is 3.45. The number of aryl methyl sites for hydroxylation is 1. The largest absolute Gasteiger partial charge is 0.443 e. The summed E-state index contributed by atoms with van der Waals surface area (Å²) in [6.07, 6.45) is 3.44. The molecule has 1 fully saturated rings. The van der Waals surface area contributed by atoms with E-state index >= 15 is 0 Å². The second-order valence-corrected chi connectivity index (χ2v) is 4.02. The Bertz CT molecular complexity index is 578.